The van der Waals surface area contributed by atoms with E-state index >= 15 is 0 Å². The van der Waals surface area contributed by atoms with E-state index in [1.54, 1.807) is 0 Å². The monoisotopic (exact) mass is 198 g/mol. The average Bonchev–Trinajstić information content (AvgIpc) is 2.74. The standard InChI is InChI=1S/C13H14N2/c1-2-7-12(8-3-1)15-13-9-5-4-6-11(13)10-14-15/h1-4,6-8,10-11,13H,5,9H2/t11-,13-/m1/s1. The first-order valence-electron chi connectivity index (χ1n) is 5.50. The molecule has 3 rings (SSSR count). The fraction of sp³-hybridized carbons (Fsp3) is 0.308. The van der Waals surface area contributed by atoms with Crippen molar-refractivity contribution in [3.8, 4) is 0 Å². The summed E-state index contributed by atoms with van der Waals surface area (Å²) < 4.78 is 0. The maximum Gasteiger partial charge on any atom is 0.0641 e. The molecule has 0 saturated heterocycles. The molecule has 2 heteroatoms. The molecule has 1 aliphatic heterocycles. The van der Waals surface area contributed by atoms with E-state index in [0.29, 0.717) is 12.0 Å². The number of nitrogens with zero attached hydrogens (tertiary/aromatic N) is 2. The van der Waals surface area contributed by atoms with Crippen LogP contribution < -0.4 is 5.01 Å². The first kappa shape index (κ1) is 8.72. The number of para-hydroxylation sites is 1. The molecule has 0 bridgehead atoms. The Hall–Kier alpha value is -1.57. The Balaban J connectivity index is 1.90. The largest absolute Gasteiger partial charge is 0.262 e. The van der Waals surface area contributed by atoms with Crippen LogP contribution >= 0.6 is 0 Å². The van der Waals surface area contributed by atoms with Gasteiger partial charge >= 0.3 is 0 Å². The molecule has 1 aliphatic carbocycles. The van der Waals surface area contributed by atoms with Crippen molar-refractivity contribution in [1.82, 2.24) is 0 Å². The summed E-state index contributed by atoms with van der Waals surface area (Å²) in [6.07, 6.45) is 8.99. The maximum absolute atomic E-state index is 4.51. The van der Waals surface area contributed by atoms with E-state index in [2.05, 4.69) is 52.7 Å². The summed E-state index contributed by atoms with van der Waals surface area (Å²) in [6.45, 7) is 0. The Labute approximate surface area is 89.9 Å². The van der Waals surface area contributed by atoms with Crippen LogP contribution in [0.5, 0.6) is 0 Å². The Morgan fingerprint density at radius 1 is 1.20 bits per heavy atom. The van der Waals surface area contributed by atoms with E-state index in [-0.39, 0.29) is 0 Å². The fourth-order valence-corrected chi connectivity index (χ4v) is 2.35. The number of hydrogen-bond acceptors (Lipinski definition) is 2. The van der Waals surface area contributed by atoms with Gasteiger partial charge in [0, 0.05) is 12.1 Å². The van der Waals surface area contributed by atoms with Crippen LogP contribution in [0.4, 0.5) is 5.69 Å². The topological polar surface area (TPSA) is 15.6 Å². The molecule has 0 unspecified atom stereocenters. The second-order valence-electron chi connectivity index (χ2n) is 4.09. The van der Waals surface area contributed by atoms with Crippen LogP contribution in [0.1, 0.15) is 12.8 Å². The highest BCUT2D eigenvalue weighted by atomic mass is 15.5. The molecule has 0 radical (unpaired) electrons. The lowest BCUT2D eigenvalue weighted by molar-refractivity contribution is 0.536. The normalized spacial score (nSPS) is 28.1. The molecule has 0 aromatic heterocycles. The Bertz CT molecular complexity index is 394. The van der Waals surface area contributed by atoms with E-state index in [1.165, 1.54) is 18.5 Å². The number of allylic oxidation sites excluding steroid dienone is 1. The van der Waals surface area contributed by atoms with E-state index in [1.807, 2.05) is 6.07 Å². The van der Waals surface area contributed by atoms with Crippen molar-refractivity contribution in [3.05, 3.63) is 42.5 Å². The summed E-state index contributed by atoms with van der Waals surface area (Å²) in [4.78, 5) is 0. The molecule has 0 fully saturated rings. The van der Waals surface area contributed by atoms with Gasteiger partial charge in [0.05, 0.1) is 11.7 Å². The SMILES string of the molecule is C1=C[C@@H]2C=NN(c3ccccc3)[C@@H]2CC1. The Morgan fingerprint density at radius 2 is 2.07 bits per heavy atom. The predicted octanol–water partition coefficient (Wildman–Crippen LogP) is 2.83. The van der Waals surface area contributed by atoms with Gasteiger partial charge in [-0.3, -0.25) is 5.01 Å². The molecule has 1 heterocycles. The smallest absolute Gasteiger partial charge is 0.0641 e. The molecule has 0 spiro atoms. The molecular weight excluding hydrogens is 184 g/mol. The van der Waals surface area contributed by atoms with Gasteiger partial charge in [-0.1, -0.05) is 30.4 Å². The summed E-state index contributed by atoms with van der Waals surface area (Å²) in [5.41, 5.74) is 1.21. The number of hydrazone groups is 1. The van der Waals surface area contributed by atoms with Crippen molar-refractivity contribution in [2.24, 2.45) is 11.0 Å². The van der Waals surface area contributed by atoms with Gasteiger partial charge in [0.15, 0.2) is 0 Å². The van der Waals surface area contributed by atoms with Crippen LogP contribution in [-0.2, 0) is 0 Å². The molecule has 0 saturated carbocycles. The van der Waals surface area contributed by atoms with Crippen molar-refractivity contribution in [1.29, 1.82) is 0 Å². The first-order chi connectivity index (χ1) is 7.45. The Kier molecular flexibility index (Phi) is 2.05. The second kappa shape index (κ2) is 3.54. The molecule has 2 aliphatic rings. The molecule has 0 amide bonds. The van der Waals surface area contributed by atoms with Gasteiger partial charge in [-0.2, -0.15) is 5.10 Å². The second-order valence-corrected chi connectivity index (χ2v) is 4.09. The van der Waals surface area contributed by atoms with Gasteiger partial charge in [-0.05, 0) is 25.0 Å². The van der Waals surface area contributed by atoms with Gasteiger partial charge in [0.1, 0.15) is 0 Å². The highest BCUT2D eigenvalue weighted by molar-refractivity contribution is 5.72. The lowest BCUT2D eigenvalue weighted by Crippen LogP contribution is -2.32. The third-order valence-electron chi connectivity index (χ3n) is 3.13. The number of benzene rings is 1. The number of rotatable bonds is 1. The molecule has 2 atom stereocenters. The zero-order valence-electron chi connectivity index (χ0n) is 8.58. The minimum atomic E-state index is 0.513. The molecule has 1 aromatic carbocycles. The number of hydrogen-bond donors (Lipinski definition) is 0. The summed E-state index contributed by atoms with van der Waals surface area (Å²) in [5, 5.41) is 6.67. The van der Waals surface area contributed by atoms with Crippen molar-refractivity contribution in [2.75, 3.05) is 5.01 Å². The molecular formula is C13H14N2. The molecule has 0 N–H and O–H groups in total. The Morgan fingerprint density at radius 3 is 2.93 bits per heavy atom. The highest BCUT2D eigenvalue weighted by Crippen LogP contribution is 2.31. The van der Waals surface area contributed by atoms with Crippen LogP contribution in [0, 0.1) is 5.92 Å². The predicted molar refractivity (Wildman–Crippen MR) is 63.1 cm³/mol. The zero-order chi connectivity index (χ0) is 10.1. The van der Waals surface area contributed by atoms with Gasteiger partial charge < -0.3 is 0 Å². The number of fused-ring (bicyclic) bond motifs is 1. The van der Waals surface area contributed by atoms with Gasteiger partial charge in [-0.15, -0.1) is 0 Å². The van der Waals surface area contributed by atoms with Gasteiger partial charge in [-0.25, -0.2) is 0 Å². The lowest BCUT2D eigenvalue weighted by atomic mass is 9.91. The van der Waals surface area contributed by atoms with E-state index in [4.69, 9.17) is 0 Å². The average molecular weight is 198 g/mol. The van der Waals surface area contributed by atoms with Crippen LogP contribution in [0.15, 0.2) is 47.6 Å². The number of anilines is 1. The van der Waals surface area contributed by atoms with Crippen molar-refractivity contribution in [3.63, 3.8) is 0 Å². The van der Waals surface area contributed by atoms with E-state index in [0.717, 1.165) is 0 Å². The molecule has 76 valence electrons. The van der Waals surface area contributed by atoms with Crippen molar-refractivity contribution in [2.45, 2.75) is 18.9 Å². The van der Waals surface area contributed by atoms with Crippen LogP contribution in [-0.4, -0.2) is 12.3 Å². The quantitative estimate of drug-likeness (QED) is 0.633. The molecule has 15 heavy (non-hydrogen) atoms. The van der Waals surface area contributed by atoms with Crippen LogP contribution in [0.2, 0.25) is 0 Å². The summed E-state index contributed by atoms with van der Waals surface area (Å²) in [6, 6.07) is 11.0. The minimum Gasteiger partial charge on any atom is -0.262 e. The van der Waals surface area contributed by atoms with E-state index in [9.17, 15) is 0 Å². The van der Waals surface area contributed by atoms with E-state index < -0.39 is 0 Å². The van der Waals surface area contributed by atoms with Crippen molar-refractivity contribution >= 4 is 11.9 Å². The minimum absolute atomic E-state index is 0.513. The zero-order valence-corrected chi connectivity index (χ0v) is 8.58. The van der Waals surface area contributed by atoms with Crippen LogP contribution in [0.3, 0.4) is 0 Å². The van der Waals surface area contributed by atoms with Gasteiger partial charge in [0.25, 0.3) is 0 Å². The third-order valence-corrected chi connectivity index (χ3v) is 3.13. The summed E-state index contributed by atoms with van der Waals surface area (Å²) >= 11 is 0. The summed E-state index contributed by atoms with van der Waals surface area (Å²) in [7, 11) is 0. The first-order valence-corrected chi connectivity index (χ1v) is 5.50. The maximum atomic E-state index is 4.51. The summed E-state index contributed by atoms with van der Waals surface area (Å²) in [5.74, 6) is 0.513. The molecule has 1 aromatic rings. The van der Waals surface area contributed by atoms with Crippen molar-refractivity contribution < 1.29 is 0 Å². The third kappa shape index (κ3) is 1.46. The fourth-order valence-electron chi connectivity index (χ4n) is 2.35. The van der Waals surface area contributed by atoms with Crippen LogP contribution in [0.25, 0.3) is 0 Å². The molecule has 2 nitrogen and oxygen atoms in total. The lowest BCUT2D eigenvalue weighted by Gasteiger charge is -2.28. The van der Waals surface area contributed by atoms with Gasteiger partial charge in [0.2, 0.25) is 0 Å². The highest BCUT2D eigenvalue weighted by Gasteiger charge is 2.31.